The molecule has 0 atom stereocenters. The van der Waals surface area contributed by atoms with E-state index in [1.807, 2.05) is 0 Å². The molecule has 26 heavy (non-hydrogen) atoms. The average Bonchev–Trinajstić information content (AvgIpc) is 2.93. The highest BCUT2D eigenvalue weighted by atomic mass is 79.9. The Bertz CT molecular complexity index is 941. The molecule has 0 spiro atoms. The van der Waals surface area contributed by atoms with Crippen molar-refractivity contribution in [2.75, 3.05) is 7.11 Å². The third-order valence-electron chi connectivity index (χ3n) is 3.42. The fourth-order valence-electron chi connectivity index (χ4n) is 2.21. The predicted molar refractivity (Wildman–Crippen MR) is 101 cm³/mol. The zero-order valence-electron chi connectivity index (χ0n) is 13.4. The van der Waals surface area contributed by atoms with Crippen LogP contribution in [0.2, 0.25) is 0 Å². The summed E-state index contributed by atoms with van der Waals surface area (Å²) in [7, 11) is 1.45. The second-order valence-electron chi connectivity index (χ2n) is 5.13. The van der Waals surface area contributed by atoms with Gasteiger partial charge in [0.05, 0.1) is 17.6 Å². The van der Waals surface area contributed by atoms with Crippen LogP contribution >= 0.6 is 27.7 Å². The first kappa shape index (κ1) is 18.2. The molecule has 6 nitrogen and oxygen atoms in total. The molecule has 8 heteroatoms. The van der Waals surface area contributed by atoms with E-state index in [2.05, 4.69) is 21.2 Å². The van der Waals surface area contributed by atoms with Crippen LogP contribution in [0.15, 0.2) is 51.8 Å². The van der Waals surface area contributed by atoms with Crippen molar-refractivity contribution in [2.24, 2.45) is 0 Å². The Labute approximate surface area is 161 Å². The highest BCUT2D eigenvalue weighted by Crippen LogP contribution is 2.32. The van der Waals surface area contributed by atoms with Crippen molar-refractivity contribution in [3.8, 4) is 11.5 Å². The molecule has 0 radical (unpaired) electrons. The second kappa shape index (κ2) is 7.76. The van der Waals surface area contributed by atoms with Gasteiger partial charge in [-0.05, 0) is 63.6 Å². The molecule has 132 valence electrons. The maximum atomic E-state index is 12.3. The van der Waals surface area contributed by atoms with E-state index >= 15 is 0 Å². The minimum Gasteiger partial charge on any atom is -0.493 e. The zero-order chi connectivity index (χ0) is 18.7. The highest BCUT2D eigenvalue weighted by Gasteiger charge is 2.25. The van der Waals surface area contributed by atoms with Crippen LogP contribution in [0.5, 0.6) is 11.5 Å². The van der Waals surface area contributed by atoms with Gasteiger partial charge in [-0.2, -0.15) is 0 Å². The van der Waals surface area contributed by atoms with E-state index < -0.39 is 17.1 Å². The number of thioether (sulfide) groups is 1. The van der Waals surface area contributed by atoms with Crippen molar-refractivity contribution in [3.05, 3.63) is 63.0 Å². The van der Waals surface area contributed by atoms with Crippen LogP contribution in [0.4, 0.5) is 4.79 Å². The third kappa shape index (κ3) is 3.97. The van der Waals surface area contributed by atoms with E-state index in [1.54, 1.807) is 48.5 Å². The number of carbonyl (C=O) groups excluding carboxylic acids is 3. The number of halogens is 1. The molecule has 1 saturated heterocycles. The minimum absolute atomic E-state index is 0.245. The number of ether oxygens (including phenoxy) is 2. The van der Waals surface area contributed by atoms with Gasteiger partial charge in [0.2, 0.25) is 0 Å². The Hall–Kier alpha value is -2.58. The topological polar surface area (TPSA) is 81.7 Å². The number of esters is 1. The van der Waals surface area contributed by atoms with Crippen molar-refractivity contribution in [1.82, 2.24) is 5.32 Å². The molecule has 0 unspecified atom stereocenters. The fraction of sp³-hybridized carbons (Fsp3) is 0.0556. The Morgan fingerprint density at radius 1 is 1.15 bits per heavy atom. The van der Waals surface area contributed by atoms with E-state index in [1.165, 1.54) is 7.11 Å². The molecular weight excluding hydrogens is 422 g/mol. The number of hydrogen-bond donors (Lipinski definition) is 1. The van der Waals surface area contributed by atoms with E-state index in [0.717, 1.165) is 11.8 Å². The van der Waals surface area contributed by atoms with Crippen molar-refractivity contribution in [2.45, 2.75) is 0 Å². The lowest BCUT2D eigenvalue weighted by Crippen LogP contribution is -2.17. The molecule has 0 saturated carbocycles. The summed E-state index contributed by atoms with van der Waals surface area (Å²) >= 11 is 4.14. The summed E-state index contributed by atoms with van der Waals surface area (Å²) in [5.74, 6) is -0.397. The average molecular weight is 434 g/mol. The first-order valence-corrected chi connectivity index (χ1v) is 8.98. The smallest absolute Gasteiger partial charge is 0.344 e. The molecule has 0 aliphatic carbocycles. The van der Waals surface area contributed by atoms with Crippen molar-refractivity contribution in [3.63, 3.8) is 0 Å². The van der Waals surface area contributed by atoms with Gasteiger partial charge in [-0.15, -0.1) is 0 Å². The van der Waals surface area contributed by atoms with Gasteiger partial charge in [-0.3, -0.25) is 14.9 Å². The maximum absolute atomic E-state index is 12.3. The molecule has 1 N–H and O–H groups in total. The van der Waals surface area contributed by atoms with E-state index in [9.17, 15) is 14.4 Å². The Morgan fingerprint density at radius 2 is 1.92 bits per heavy atom. The van der Waals surface area contributed by atoms with Gasteiger partial charge in [0.25, 0.3) is 11.1 Å². The van der Waals surface area contributed by atoms with Crippen LogP contribution in [0.1, 0.15) is 15.9 Å². The Kier molecular flexibility index (Phi) is 5.43. The van der Waals surface area contributed by atoms with Crippen LogP contribution < -0.4 is 14.8 Å². The Balaban J connectivity index is 1.85. The molecular formula is C18H12BrNO5S. The minimum atomic E-state index is -0.529. The third-order valence-corrected chi connectivity index (χ3v) is 4.93. The van der Waals surface area contributed by atoms with Crippen LogP contribution in [-0.2, 0) is 4.79 Å². The molecule has 3 rings (SSSR count). The molecule has 1 aliphatic rings. The summed E-state index contributed by atoms with van der Waals surface area (Å²) in [4.78, 5) is 35.5. The van der Waals surface area contributed by atoms with Crippen molar-refractivity contribution < 1.29 is 23.9 Å². The standard InChI is InChI=1S/C18H12BrNO5S/c1-24-14-8-10(9-15-16(21)20-18(23)26-15)6-7-13(14)25-17(22)11-4-2-3-5-12(11)19/h2-9H,1H3,(H,20,21,23). The number of hydrogen-bond acceptors (Lipinski definition) is 6. The SMILES string of the molecule is COc1cc(C=C2SC(=O)NC2=O)ccc1OC(=O)c1ccccc1Br. The van der Waals surface area contributed by atoms with Crippen LogP contribution in [0.3, 0.4) is 0 Å². The highest BCUT2D eigenvalue weighted by molar-refractivity contribution is 9.10. The molecule has 2 aromatic rings. The van der Waals surface area contributed by atoms with Gasteiger partial charge in [0.1, 0.15) is 0 Å². The summed E-state index contributed by atoms with van der Waals surface area (Å²) < 4.78 is 11.3. The number of rotatable bonds is 4. The van der Waals surface area contributed by atoms with Crippen molar-refractivity contribution in [1.29, 1.82) is 0 Å². The number of amides is 2. The largest absolute Gasteiger partial charge is 0.493 e. The van der Waals surface area contributed by atoms with E-state index in [0.29, 0.717) is 21.3 Å². The first-order chi connectivity index (χ1) is 12.5. The van der Waals surface area contributed by atoms with Gasteiger partial charge in [0, 0.05) is 4.47 Å². The molecule has 0 aromatic heterocycles. The second-order valence-corrected chi connectivity index (χ2v) is 7.00. The lowest BCUT2D eigenvalue weighted by Gasteiger charge is -2.11. The first-order valence-electron chi connectivity index (χ1n) is 7.37. The monoisotopic (exact) mass is 433 g/mol. The summed E-state index contributed by atoms with van der Waals surface area (Å²) in [5, 5.41) is 1.78. The lowest BCUT2D eigenvalue weighted by molar-refractivity contribution is -0.115. The zero-order valence-corrected chi connectivity index (χ0v) is 15.8. The summed E-state index contributed by atoms with van der Waals surface area (Å²) in [6, 6.07) is 11.8. The van der Waals surface area contributed by atoms with Gasteiger partial charge < -0.3 is 9.47 Å². The molecule has 1 fully saturated rings. The molecule has 1 aliphatic heterocycles. The normalized spacial score (nSPS) is 15.1. The molecule has 2 aromatic carbocycles. The molecule has 0 bridgehead atoms. The number of methoxy groups -OCH3 is 1. The molecule has 1 heterocycles. The quantitative estimate of drug-likeness (QED) is 0.445. The number of carbonyl (C=O) groups is 3. The van der Waals surface area contributed by atoms with Gasteiger partial charge in [0.15, 0.2) is 11.5 Å². The van der Waals surface area contributed by atoms with Crippen LogP contribution in [0, 0.1) is 0 Å². The van der Waals surface area contributed by atoms with Gasteiger partial charge in [-0.25, -0.2) is 4.79 Å². The number of imide groups is 1. The predicted octanol–water partition coefficient (Wildman–Crippen LogP) is 4.00. The maximum Gasteiger partial charge on any atom is 0.344 e. The summed E-state index contributed by atoms with van der Waals surface area (Å²) in [6.45, 7) is 0. The van der Waals surface area contributed by atoms with Crippen LogP contribution in [-0.4, -0.2) is 24.2 Å². The lowest BCUT2D eigenvalue weighted by atomic mass is 10.2. The van der Waals surface area contributed by atoms with Crippen LogP contribution in [0.25, 0.3) is 6.08 Å². The van der Waals surface area contributed by atoms with Gasteiger partial charge in [-0.1, -0.05) is 18.2 Å². The molecule has 2 amide bonds. The summed E-state index contributed by atoms with van der Waals surface area (Å²) in [5.41, 5.74) is 1.02. The summed E-state index contributed by atoms with van der Waals surface area (Å²) in [6.07, 6.45) is 1.56. The van der Waals surface area contributed by atoms with Gasteiger partial charge >= 0.3 is 5.97 Å². The van der Waals surface area contributed by atoms with Crippen molar-refractivity contribution >= 4 is 50.9 Å². The van der Waals surface area contributed by atoms with E-state index in [-0.39, 0.29) is 10.7 Å². The Morgan fingerprint density at radius 3 is 2.58 bits per heavy atom. The van der Waals surface area contributed by atoms with E-state index in [4.69, 9.17) is 9.47 Å². The fourth-order valence-corrected chi connectivity index (χ4v) is 3.34. The number of benzene rings is 2. The number of nitrogens with one attached hydrogen (secondary N) is 1.